The van der Waals surface area contributed by atoms with E-state index in [0.29, 0.717) is 12.1 Å². The molecule has 0 aliphatic carbocycles. The van der Waals surface area contributed by atoms with Gasteiger partial charge in [0.1, 0.15) is 12.4 Å². The Bertz CT molecular complexity index is 1170. The first kappa shape index (κ1) is 27.9. The van der Waals surface area contributed by atoms with Gasteiger partial charge in [-0.2, -0.15) is 0 Å². The highest BCUT2D eigenvalue weighted by atomic mass is 16.2. The van der Waals surface area contributed by atoms with Gasteiger partial charge in [0.05, 0.1) is 0 Å². The summed E-state index contributed by atoms with van der Waals surface area (Å²) in [4.78, 5) is 56.3. The fraction of sp³-hybridized carbons (Fsp3) is 0.538. The summed E-state index contributed by atoms with van der Waals surface area (Å²) in [5.74, 6) is -0.735. The number of carbonyl (C=O) groups excluding carboxylic acids is 2. The number of nitrogens with zero attached hydrogens (tertiary/aromatic N) is 3. The van der Waals surface area contributed by atoms with E-state index in [0.717, 1.165) is 5.56 Å². The molecule has 0 aliphatic heterocycles. The Morgan fingerprint density at radius 3 is 2.09 bits per heavy atom. The van der Waals surface area contributed by atoms with Crippen molar-refractivity contribution < 1.29 is 9.59 Å². The summed E-state index contributed by atoms with van der Waals surface area (Å²) in [6.07, 6.45) is 0. The smallest absolute Gasteiger partial charge is 0.330 e. The van der Waals surface area contributed by atoms with Crippen LogP contribution in [0.4, 0.5) is 11.5 Å². The molecule has 9 heteroatoms. The average Bonchev–Trinajstić information content (AvgIpc) is 2.74. The number of H-pyrrole nitrogens is 1. The number of carbonyl (C=O) groups is 2. The molecule has 0 saturated carbocycles. The van der Waals surface area contributed by atoms with Gasteiger partial charge in [0.2, 0.25) is 5.91 Å². The third-order valence-electron chi connectivity index (χ3n) is 5.60. The van der Waals surface area contributed by atoms with E-state index in [4.69, 9.17) is 5.73 Å². The third kappa shape index (κ3) is 6.83. The van der Waals surface area contributed by atoms with Crippen LogP contribution in [0.1, 0.15) is 64.4 Å². The summed E-state index contributed by atoms with van der Waals surface area (Å²) in [6, 6.07) is 7.32. The molecule has 192 valence electrons. The van der Waals surface area contributed by atoms with E-state index in [9.17, 15) is 19.2 Å². The summed E-state index contributed by atoms with van der Waals surface area (Å²) < 4.78 is 1.27. The summed E-state index contributed by atoms with van der Waals surface area (Å²) in [6.45, 7) is 14.2. The predicted octanol–water partition coefficient (Wildman–Crippen LogP) is 2.83. The molecule has 0 fully saturated rings. The Kier molecular flexibility index (Phi) is 8.70. The van der Waals surface area contributed by atoms with Crippen LogP contribution >= 0.6 is 0 Å². The van der Waals surface area contributed by atoms with Crippen molar-refractivity contribution in [3.05, 3.63) is 56.2 Å². The fourth-order valence-corrected chi connectivity index (χ4v) is 3.76. The highest BCUT2D eigenvalue weighted by Crippen LogP contribution is 2.23. The average molecular weight is 486 g/mol. The quantitative estimate of drug-likeness (QED) is 0.595. The van der Waals surface area contributed by atoms with E-state index in [2.05, 4.69) is 25.8 Å². The van der Waals surface area contributed by atoms with E-state index in [1.807, 2.05) is 39.8 Å². The first-order valence-corrected chi connectivity index (χ1v) is 11.9. The number of benzene rings is 1. The molecule has 2 amide bonds. The molecule has 0 spiro atoms. The third-order valence-corrected chi connectivity index (χ3v) is 5.60. The van der Waals surface area contributed by atoms with Gasteiger partial charge < -0.3 is 15.5 Å². The Morgan fingerprint density at radius 1 is 1.03 bits per heavy atom. The lowest BCUT2D eigenvalue weighted by Crippen LogP contribution is -2.47. The van der Waals surface area contributed by atoms with Crippen molar-refractivity contribution in [2.45, 2.75) is 60.4 Å². The number of likely N-dealkylation sites (N-methyl/N-ethyl adjacent to an activating group) is 1. The summed E-state index contributed by atoms with van der Waals surface area (Å²) in [7, 11) is 1.54. The van der Waals surface area contributed by atoms with E-state index in [1.54, 1.807) is 19.2 Å². The minimum absolute atomic E-state index is 0.00850. The number of nitrogen functional groups attached to an aromatic ring is 1. The standard InChI is InChI=1S/C26H39N5O4/c1-16(2)13-30(21-22(27)31(14-17(3)4)25(35)28-23(21)33)20(32)15-29(8)24(34)18-9-11-19(12-10-18)26(5,6)7/h9-12,16-17H,13-15,27H2,1-8H3,(H,28,33,35). The van der Waals surface area contributed by atoms with Crippen molar-refractivity contribution in [3.8, 4) is 0 Å². The number of anilines is 2. The number of amides is 2. The van der Waals surface area contributed by atoms with E-state index in [-0.39, 0.29) is 47.8 Å². The molecule has 9 nitrogen and oxygen atoms in total. The minimum Gasteiger partial charge on any atom is -0.383 e. The predicted molar refractivity (Wildman–Crippen MR) is 140 cm³/mol. The summed E-state index contributed by atoms with van der Waals surface area (Å²) in [5.41, 5.74) is 6.35. The molecule has 0 atom stereocenters. The molecule has 3 N–H and O–H groups in total. The van der Waals surface area contributed by atoms with Gasteiger partial charge in [-0.15, -0.1) is 0 Å². The number of hydrogen-bond donors (Lipinski definition) is 2. The molecular weight excluding hydrogens is 446 g/mol. The van der Waals surface area contributed by atoms with Gasteiger partial charge in [0.25, 0.3) is 11.5 Å². The van der Waals surface area contributed by atoms with E-state index >= 15 is 0 Å². The molecule has 0 aliphatic rings. The second-order valence-corrected chi connectivity index (χ2v) is 10.9. The molecule has 0 saturated heterocycles. The molecule has 2 aromatic rings. The van der Waals surface area contributed by atoms with Crippen LogP contribution in [0.15, 0.2) is 33.9 Å². The monoisotopic (exact) mass is 485 g/mol. The van der Waals surface area contributed by atoms with E-state index < -0.39 is 17.2 Å². The Labute approximate surface area is 206 Å². The number of aromatic amines is 1. The summed E-state index contributed by atoms with van der Waals surface area (Å²) in [5, 5.41) is 0. The maximum Gasteiger partial charge on any atom is 0.330 e. The van der Waals surface area contributed by atoms with Crippen molar-refractivity contribution >= 4 is 23.3 Å². The number of aromatic nitrogens is 2. The fourth-order valence-electron chi connectivity index (χ4n) is 3.76. The molecule has 0 bridgehead atoms. The lowest BCUT2D eigenvalue weighted by Gasteiger charge is -2.28. The van der Waals surface area contributed by atoms with Gasteiger partial charge in [-0.3, -0.25) is 23.9 Å². The van der Waals surface area contributed by atoms with Gasteiger partial charge in [-0.05, 0) is 34.9 Å². The molecule has 35 heavy (non-hydrogen) atoms. The largest absolute Gasteiger partial charge is 0.383 e. The van der Waals surface area contributed by atoms with Crippen molar-refractivity contribution in [1.29, 1.82) is 0 Å². The lowest BCUT2D eigenvalue weighted by molar-refractivity contribution is -0.119. The zero-order valence-electron chi connectivity index (χ0n) is 22.1. The van der Waals surface area contributed by atoms with Crippen LogP contribution in [0.2, 0.25) is 0 Å². The second kappa shape index (κ2) is 10.9. The van der Waals surface area contributed by atoms with Crippen LogP contribution < -0.4 is 21.9 Å². The molecule has 1 aromatic carbocycles. The van der Waals surface area contributed by atoms with Crippen molar-refractivity contribution in [2.24, 2.45) is 11.8 Å². The lowest BCUT2D eigenvalue weighted by atomic mass is 9.86. The maximum absolute atomic E-state index is 13.4. The minimum atomic E-state index is -0.728. The van der Waals surface area contributed by atoms with Gasteiger partial charge in [0.15, 0.2) is 5.69 Å². The van der Waals surface area contributed by atoms with E-state index in [1.165, 1.54) is 14.4 Å². The SMILES string of the molecule is CC(C)CN(C(=O)CN(C)C(=O)c1ccc(C(C)(C)C)cc1)c1c(N)n(CC(C)C)c(=O)[nH]c1=O. The zero-order valence-corrected chi connectivity index (χ0v) is 22.1. The summed E-state index contributed by atoms with van der Waals surface area (Å²) >= 11 is 0. The van der Waals surface area contributed by atoms with Crippen molar-refractivity contribution in [1.82, 2.24) is 14.5 Å². The van der Waals surface area contributed by atoms with Crippen LogP contribution in [0.3, 0.4) is 0 Å². The van der Waals surface area contributed by atoms with Crippen molar-refractivity contribution in [3.63, 3.8) is 0 Å². The number of rotatable bonds is 8. The Balaban J connectivity index is 2.37. The Morgan fingerprint density at radius 2 is 1.60 bits per heavy atom. The van der Waals surface area contributed by atoms with Gasteiger partial charge in [-0.1, -0.05) is 60.6 Å². The van der Waals surface area contributed by atoms with Gasteiger partial charge >= 0.3 is 5.69 Å². The van der Waals surface area contributed by atoms with Crippen LogP contribution in [-0.2, 0) is 16.8 Å². The topological polar surface area (TPSA) is 121 Å². The Hall–Kier alpha value is -3.36. The zero-order chi connectivity index (χ0) is 26.7. The number of hydrogen-bond acceptors (Lipinski definition) is 5. The molecule has 1 aromatic heterocycles. The first-order chi connectivity index (χ1) is 16.1. The van der Waals surface area contributed by atoms with Crippen LogP contribution in [-0.4, -0.2) is 46.4 Å². The van der Waals surface area contributed by atoms with Gasteiger partial charge in [-0.25, -0.2) is 4.79 Å². The highest BCUT2D eigenvalue weighted by Gasteiger charge is 2.27. The second-order valence-electron chi connectivity index (χ2n) is 10.9. The first-order valence-electron chi connectivity index (χ1n) is 11.9. The van der Waals surface area contributed by atoms with Crippen LogP contribution in [0.5, 0.6) is 0 Å². The number of nitrogens with two attached hydrogens (primary N) is 1. The normalized spacial score (nSPS) is 11.7. The molecule has 0 unspecified atom stereocenters. The molecule has 0 radical (unpaired) electrons. The molecule has 1 heterocycles. The number of nitrogens with one attached hydrogen (secondary N) is 1. The van der Waals surface area contributed by atoms with Gasteiger partial charge in [0, 0.05) is 25.7 Å². The maximum atomic E-state index is 13.4. The highest BCUT2D eigenvalue weighted by molar-refractivity contribution is 6.01. The van der Waals surface area contributed by atoms with Crippen LogP contribution in [0, 0.1) is 11.8 Å². The van der Waals surface area contributed by atoms with Crippen molar-refractivity contribution in [2.75, 3.05) is 30.8 Å². The molecule has 2 rings (SSSR count). The van der Waals surface area contributed by atoms with Crippen LogP contribution in [0.25, 0.3) is 0 Å². The molecular formula is C26H39N5O4.